The fourth-order valence-electron chi connectivity index (χ4n) is 5.26. The molecular formula is C29H26N4O4. The molecule has 2 heterocycles. The van der Waals surface area contributed by atoms with Gasteiger partial charge >= 0.3 is 11.7 Å². The third-order valence-electron chi connectivity index (χ3n) is 7.47. The van der Waals surface area contributed by atoms with Crippen molar-refractivity contribution in [1.29, 1.82) is 0 Å². The molecule has 6 rings (SSSR count). The summed E-state index contributed by atoms with van der Waals surface area (Å²) in [5.41, 5.74) is 1.71. The minimum atomic E-state index is -1.05. The number of carboxylic acids is 1. The average Bonchev–Trinajstić information content (AvgIpc) is 3.25. The fraction of sp³-hybridized carbons (Fsp3) is 0.241. The van der Waals surface area contributed by atoms with E-state index in [-0.39, 0.29) is 11.3 Å². The van der Waals surface area contributed by atoms with Gasteiger partial charge in [-0.15, -0.1) is 0 Å². The SMILES string of the molecule is Cn1c(=O)c2c(-c3cccc(C(=O)O)c3)n(Cc3cccc4ccccc34)nc2n(CC2CCC2)c1=O. The summed E-state index contributed by atoms with van der Waals surface area (Å²) in [4.78, 5) is 38.5. The normalized spacial score (nSPS) is 13.8. The molecule has 5 aromatic rings. The summed E-state index contributed by atoms with van der Waals surface area (Å²) in [5.74, 6) is -0.679. The molecule has 8 heteroatoms. The van der Waals surface area contributed by atoms with Crippen LogP contribution in [0.3, 0.4) is 0 Å². The number of hydrogen-bond acceptors (Lipinski definition) is 4. The van der Waals surface area contributed by atoms with E-state index < -0.39 is 11.5 Å². The van der Waals surface area contributed by atoms with Crippen LogP contribution in [0.15, 0.2) is 76.3 Å². The van der Waals surface area contributed by atoms with Gasteiger partial charge in [-0.2, -0.15) is 5.10 Å². The largest absolute Gasteiger partial charge is 0.478 e. The van der Waals surface area contributed by atoms with Crippen LogP contribution in [0.2, 0.25) is 0 Å². The number of rotatable bonds is 6. The number of aromatic nitrogens is 4. The second-order valence-electron chi connectivity index (χ2n) is 9.78. The van der Waals surface area contributed by atoms with Crippen LogP contribution in [0.4, 0.5) is 0 Å². The van der Waals surface area contributed by atoms with Crippen LogP contribution in [0.1, 0.15) is 35.2 Å². The maximum absolute atomic E-state index is 13.5. The zero-order valence-electron chi connectivity index (χ0n) is 20.4. The van der Waals surface area contributed by atoms with Gasteiger partial charge in [0, 0.05) is 19.2 Å². The van der Waals surface area contributed by atoms with Gasteiger partial charge in [0.25, 0.3) is 5.56 Å². The van der Waals surface area contributed by atoms with E-state index in [0.29, 0.717) is 41.3 Å². The number of hydrogen-bond donors (Lipinski definition) is 1. The number of benzene rings is 3. The molecule has 0 unspecified atom stereocenters. The first-order valence-corrected chi connectivity index (χ1v) is 12.4. The molecule has 0 saturated heterocycles. The number of carboxylic acid groups (broad SMARTS) is 1. The van der Waals surface area contributed by atoms with E-state index in [9.17, 15) is 19.5 Å². The van der Waals surface area contributed by atoms with Gasteiger partial charge in [0.1, 0.15) is 5.39 Å². The predicted molar refractivity (Wildman–Crippen MR) is 142 cm³/mol. The highest BCUT2D eigenvalue weighted by atomic mass is 16.4. The van der Waals surface area contributed by atoms with Crippen LogP contribution >= 0.6 is 0 Å². The van der Waals surface area contributed by atoms with Gasteiger partial charge in [-0.3, -0.25) is 18.6 Å². The van der Waals surface area contributed by atoms with E-state index >= 15 is 0 Å². The van der Waals surface area contributed by atoms with Crippen molar-refractivity contribution >= 4 is 27.8 Å². The molecule has 1 aliphatic rings. The summed E-state index contributed by atoms with van der Waals surface area (Å²) in [5, 5.41) is 17.0. The van der Waals surface area contributed by atoms with Crippen molar-refractivity contribution in [3.63, 3.8) is 0 Å². The average molecular weight is 495 g/mol. The van der Waals surface area contributed by atoms with Crippen LogP contribution in [-0.2, 0) is 20.1 Å². The van der Waals surface area contributed by atoms with Gasteiger partial charge < -0.3 is 5.11 Å². The Bertz CT molecular complexity index is 1800. The Morgan fingerprint density at radius 1 is 1.03 bits per heavy atom. The lowest BCUT2D eigenvalue weighted by molar-refractivity contribution is 0.0697. The molecule has 8 nitrogen and oxygen atoms in total. The summed E-state index contributed by atoms with van der Waals surface area (Å²) in [6.07, 6.45) is 3.22. The molecule has 37 heavy (non-hydrogen) atoms. The molecule has 1 aliphatic carbocycles. The van der Waals surface area contributed by atoms with Gasteiger partial charge in [-0.05, 0) is 47.2 Å². The maximum atomic E-state index is 13.5. The monoisotopic (exact) mass is 494 g/mol. The molecule has 186 valence electrons. The Labute approximate surface area is 212 Å². The second kappa shape index (κ2) is 8.89. The zero-order valence-corrected chi connectivity index (χ0v) is 20.4. The van der Waals surface area contributed by atoms with E-state index in [1.165, 1.54) is 13.1 Å². The number of carbonyl (C=O) groups is 1. The lowest BCUT2D eigenvalue weighted by atomic mass is 9.85. The van der Waals surface area contributed by atoms with E-state index in [0.717, 1.165) is 40.2 Å². The maximum Gasteiger partial charge on any atom is 0.335 e. The molecule has 1 N–H and O–H groups in total. The summed E-state index contributed by atoms with van der Waals surface area (Å²) in [6, 6.07) is 20.6. The van der Waals surface area contributed by atoms with E-state index in [4.69, 9.17) is 5.10 Å². The first-order valence-electron chi connectivity index (χ1n) is 12.4. The van der Waals surface area contributed by atoms with Crippen LogP contribution in [0.25, 0.3) is 33.1 Å². The molecule has 2 aromatic heterocycles. The van der Waals surface area contributed by atoms with E-state index in [2.05, 4.69) is 0 Å². The quantitative estimate of drug-likeness (QED) is 0.380. The number of nitrogens with zero attached hydrogens (tertiary/aromatic N) is 4. The van der Waals surface area contributed by atoms with Crippen molar-refractivity contribution in [2.75, 3.05) is 0 Å². The second-order valence-corrected chi connectivity index (χ2v) is 9.78. The molecular weight excluding hydrogens is 468 g/mol. The highest BCUT2D eigenvalue weighted by Crippen LogP contribution is 2.31. The first kappa shape index (κ1) is 23.0. The van der Waals surface area contributed by atoms with Crippen molar-refractivity contribution in [3.8, 4) is 11.3 Å². The Kier molecular flexibility index (Phi) is 5.52. The van der Waals surface area contributed by atoms with Crippen molar-refractivity contribution in [3.05, 3.63) is 98.7 Å². The molecule has 0 spiro atoms. The predicted octanol–water partition coefficient (Wildman–Crippen LogP) is 4.26. The number of fused-ring (bicyclic) bond motifs is 2. The molecule has 3 aromatic carbocycles. The van der Waals surface area contributed by atoms with Gasteiger partial charge in [-0.1, -0.05) is 61.0 Å². The molecule has 0 radical (unpaired) electrons. The van der Waals surface area contributed by atoms with Gasteiger partial charge in [0.05, 0.1) is 17.8 Å². The lowest BCUT2D eigenvalue weighted by Gasteiger charge is -2.26. The zero-order chi connectivity index (χ0) is 25.7. The highest BCUT2D eigenvalue weighted by Gasteiger charge is 2.26. The number of aromatic carboxylic acids is 1. The molecule has 0 aliphatic heterocycles. The van der Waals surface area contributed by atoms with Crippen LogP contribution in [0.5, 0.6) is 0 Å². The van der Waals surface area contributed by atoms with Crippen LogP contribution in [-0.4, -0.2) is 30.0 Å². The molecule has 0 bridgehead atoms. The summed E-state index contributed by atoms with van der Waals surface area (Å²) < 4.78 is 4.49. The van der Waals surface area contributed by atoms with Crippen molar-refractivity contribution in [2.24, 2.45) is 13.0 Å². The summed E-state index contributed by atoms with van der Waals surface area (Å²) >= 11 is 0. The fourth-order valence-corrected chi connectivity index (χ4v) is 5.26. The van der Waals surface area contributed by atoms with E-state index in [1.807, 2.05) is 42.5 Å². The summed E-state index contributed by atoms with van der Waals surface area (Å²) in [6.45, 7) is 0.854. The van der Waals surface area contributed by atoms with Crippen molar-refractivity contribution in [1.82, 2.24) is 18.9 Å². The Balaban J connectivity index is 1.65. The molecule has 1 saturated carbocycles. The Morgan fingerprint density at radius 3 is 2.54 bits per heavy atom. The van der Waals surface area contributed by atoms with Crippen LogP contribution < -0.4 is 11.2 Å². The topological polar surface area (TPSA) is 99.1 Å². The van der Waals surface area contributed by atoms with Crippen molar-refractivity contribution in [2.45, 2.75) is 32.4 Å². The molecule has 0 atom stereocenters. The summed E-state index contributed by atoms with van der Waals surface area (Å²) in [7, 11) is 1.49. The molecule has 1 fully saturated rings. The van der Waals surface area contributed by atoms with E-state index in [1.54, 1.807) is 27.4 Å². The smallest absolute Gasteiger partial charge is 0.335 e. The minimum absolute atomic E-state index is 0.114. The Hall–Kier alpha value is -4.46. The standard InChI is InChI=1S/C29H26N4O4/c1-31-27(34)24-25(20-11-6-12-21(15-20)28(35)36)33(17-22-13-5-10-19-9-2-3-14-23(19)22)30-26(24)32(29(31)37)16-18-7-4-8-18/h2-3,5-6,9-15,18H,4,7-8,16-17H2,1H3,(H,35,36). The Morgan fingerprint density at radius 2 is 1.78 bits per heavy atom. The van der Waals surface area contributed by atoms with Gasteiger partial charge in [0.2, 0.25) is 0 Å². The first-order chi connectivity index (χ1) is 17.9. The van der Waals surface area contributed by atoms with Gasteiger partial charge in [0.15, 0.2) is 5.65 Å². The van der Waals surface area contributed by atoms with Crippen molar-refractivity contribution < 1.29 is 9.90 Å². The van der Waals surface area contributed by atoms with Gasteiger partial charge in [-0.25, -0.2) is 9.59 Å². The minimum Gasteiger partial charge on any atom is -0.478 e. The third-order valence-corrected chi connectivity index (χ3v) is 7.47. The third kappa shape index (κ3) is 3.85. The lowest BCUT2D eigenvalue weighted by Crippen LogP contribution is -2.39. The highest BCUT2D eigenvalue weighted by molar-refractivity contribution is 5.94. The van der Waals surface area contributed by atoms with Crippen LogP contribution in [0, 0.1) is 5.92 Å². The molecule has 0 amide bonds.